The van der Waals surface area contributed by atoms with E-state index in [1.54, 1.807) is 6.08 Å². The van der Waals surface area contributed by atoms with Gasteiger partial charge in [0, 0.05) is 0 Å². The molecular formula is C14H16O. The summed E-state index contributed by atoms with van der Waals surface area (Å²) in [4.78, 5) is 10.0. The van der Waals surface area contributed by atoms with Crippen LogP contribution in [0.15, 0.2) is 54.1 Å². The van der Waals surface area contributed by atoms with Crippen LogP contribution in [-0.4, -0.2) is 6.29 Å². The molecule has 0 unspecified atom stereocenters. The van der Waals surface area contributed by atoms with Crippen molar-refractivity contribution in [2.45, 2.75) is 19.8 Å². The molecule has 1 aromatic rings. The Morgan fingerprint density at radius 2 is 1.93 bits per heavy atom. The normalized spacial score (nSPS) is 11.9. The molecule has 15 heavy (non-hydrogen) atoms. The van der Waals surface area contributed by atoms with Gasteiger partial charge >= 0.3 is 0 Å². The molecule has 78 valence electrons. The molecule has 0 aliphatic heterocycles. The first kappa shape index (κ1) is 11.4. The molecule has 0 radical (unpaired) electrons. The van der Waals surface area contributed by atoms with Gasteiger partial charge in [-0.2, -0.15) is 0 Å². The average molecular weight is 200 g/mol. The topological polar surface area (TPSA) is 17.1 Å². The maximum absolute atomic E-state index is 10.0. The first-order chi connectivity index (χ1) is 7.33. The molecule has 0 atom stereocenters. The van der Waals surface area contributed by atoms with Crippen molar-refractivity contribution in [3.05, 3.63) is 59.7 Å². The van der Waals surface area contributed by atoms with Gasteiger partial charge in [0.05, 0.1) is 0 Å². The van der Waals surface area contributed by atoms with Crippen LogP contribution < -0.4 is 0 Å². The Bertz CT molecular complexity index is 347. The van der Waals surface area contributed by atoms with E-state index in [0.29, 0.717) is 0 Å². The summed E-state index contributed by atoms with van der Waals surface area (Å²) in [5.74, 6) is 0. The third kappa shape index (κ3) is 4.96. The molecule has 0 saturated carbocycles. The van der Waals surface area contributed by atoms with Gasteiger partial charge in [0.2, 0.25) is 0 Å². The van der Waals surface area contributed by atoms with E-state index in [-0.39, 0.29) is 0 Å². The van der Waals surface area contributed by atoms with Crippen molar-refractivity contribution >= 4 is 6.29 Å². The van der Waals surface area contributed by atoms with Crippen LogP contribution in [-0.2, 0) is 11.2 Å². The molecule has 0 amide bonds. The minimum atomic E-state index is 0.793. The van der Waals surface area contributed by atoms with Crippen LogP contribution in [0.4, 0.5) is 0 Å². The number of hydrogen-bond acceptors (Lipinski definition) is 1. The maximum atomic E-state index is 10.0. The Morgan fingerprint density at radius 3 is 2.60 bits per heavy atom. The second-order valence-corrected chi connectivity index (χ2v) is 3.52. The van der Waals surface area contributed by atoms with Crippen molar-refractivity contribution in [3.63, 3.8) is 0 Å². The summed E-state index contributed by atoms with van der Waals surface area (Å²) >= 11 is 0. The fourth-order valence-corrected chi connectivity index (χ4v) is 1.33. The van der Waals surface area contributed by atoms with Crippen LogP contribution in [0.2, 0.25) is 0 Å². The van der Waals surface area contributed by atoms with Gasteiger partial charge in [0.15, 0.2) is 0 Å². The first-order valence-electron chi connectivity index (χ1n) is 5.14. The molecule has 0 heterocycles. The zero-order chi connectivity index (χ0) is 10.9. The highest BCUT2D eigenvalue weighted by Gasteiger charge is 1.92. The van der Waals surface area contributed by atoms with Gasteiger partial charge in [-0.25, -0.2) is 0 Å². The summed E-state index contributed by atoms with van der Waals surface area (Å²) in [7, 11) is 0. The fraction of sp³-hybridized carbons (Fsp3) is 0.214. The second kappa shape index (κ2) is 6.77. The molecule has 1 aromatic carbocycles. The minimum absolute atomic E-state index is 0.793. The van der Waals surface area contributed by atoms with Gasteiger partial charge in [0.25, 0.3) is 0 Å². The van der Waals surface area contributed by atoms with Crippen molar-refractivity contribution in [1.29, 1.82) is 0 Å². The van der Waals surface area contributed by atoms with Gasteiger partial charge in [-0.05, 0) is 31.4 Å². The number of rotatable bonds is 5. The van der Waals surface area contributed by atoms with E-state index < -0.39 is 0 Å². The molecule has 1 heteroatoms. The van der Waals surface area contributed by atoms with Crippen molar-refractivity contribution in [2.24, 2.45) is 0 Å². The lowest BCUT2D eigenvalue weighted by Crippen LogP contribution is -1.85. The Morgan fingerprint density at radius 1 is 1.20 bits per heavy atom. The van der Waals surface area contributed by atoms with Gasteiger partial charge in [-0.15, -0.1) is 0 Å². The predicted octanol–water partition coefficient (Wildman–Crippen LogP) is 3.32. The smallest absolute Gasteiger partial charge is 0.142 e. The van der Waals surface area contributed by atoms with Crippen molar-refractivity contribution in [3.8, 4) is 0 Å². The highest BCUT2D eigenvalue weighted by molar-refractivity contribution is 5.65. The van der Waals surface area contributed by atoms with E-state index in [1.165, 1.54) is 17.2 Å². The van der Waals surface area contributed by atoms with Gasteiger partial charge < -0.3 is 0 Å². The molecule has 0 aliphatic rings. The molecule has 0 N–H and O–H groups in total. The molecule has 0 saturated heterocycles. The monoisotopic (exact) mass is 200 g/mol. The fourth-order valence-electron chi connectivity index (χ4n) is 1.33. The van der Waals surface area contributed by atoms with Crippen LogP contribution in [0.25, 0.3) is 0 Å². The maximum Gasteiger partial charge on any atom is 0.142 e. The average Bonchev–Trinajstić information content (AvgIpc) is 2.28. The minimum Gasteiger partial charge on any atom is -0.299 e. The Balaban J connectivity index is 2.40. The number of carbonyl (C=O) groups is 1. The summed E-state index contributed by atoms with van der Waals surface area (Å²) < 4.78 is 0. The SMILES string of the molecule is CC(=C/C=C/C=O)CCc1ccccc1. The van der Waals surface area contributed by atoms with Crippen LogP contribution in [0.5, 0.6) is 0 Å². The third-order valence-electron chi connectivity index (χ3n) is 2.22. The van der Waals surface area contributed by atoms with E-state index in [4.69, 9.17) is 0 Å². The zero-order valence-corrected chi connectivity index (χ0v) is 9.02. The van der Waals surface area contributed by atoms with E-state index in [1.807, 2.05) is 12.1 Å². The number of allylic oxidation sites excluding steroid dienone is 4. The summed E-state index contributed by atoms with van der Waals surface area (Å²) in [6, 6.07) is 10.4. The van der Waals surface area contributed by atoms with E-state index >= 15 is 0 Å². The highest BCUT2D eigenvalue weighted by Crippen LogP contribution is 2.08. The van der Waals surface area contributed by atoms with Gasteiger partial charge in [-0.3, -0.25) is 4.79 Å². The predicted molar refractivity (Wildman–Crippen MR) is 63.7 cm³/mol. The standard InChI is InChI=1S/C14H16O/c1-13(7-5-6-12-15)10-11-14-8-3-2-4-9-14/h2-9,12H,10-11H2,1H3/b6-5+,13-7?. The molecular weight excluding hydrogens is 184 g/mol. The molecule has 1 rings (SSSR count). The van der Waals surface area contributed by atoms with Crippen molar-refractivity contribution in [2.75, 3.05) is 0 Å². The zero-order valence-electron chi connectivity index (χ0n) is 9.02. The number of aldehydes is 1. The van der Waals surface area contributed by atoms with Crippen LogP contribution >= 0.6 is 0 Å². The summed E-state index contributed by atoms with van der Waals surface area (Å²) in [5, 5.41) is 0. The van der Waals surface area contributed by atoms with Crippen LogP contribution in [0.1, 0.15) is 18.9 Å². The Kier molecular flexibility index (Phi) is 5.16. The Labute approximate surface area is 91.1 Å². The summed E-state index contributed by atoms with van der Waals surface area (Å²) in [6.07, 6.45) is 8.16. The highest BCUT2D eigenvalue weighted by atomic mass is 16.1. The summed E-state index contributed by atoms with van der Waals surface area (Å²) in [5.41, 5.74) is 2.64. The van der Waals surface area contributed by atoms with Crippen molar-refractivity contribution < 1.29 is 4.79 Å². The molecule has 0 fully saturated rings. The number of hydrogen-bond donors (Lipinski definition) is 0. The quantitative estimate of drug-likeness (QED) is 0.405. The van der Waals surface area contributed by atoms with Gasteiger partial charge in [-0.1, -0.05) is 48.1 Å². The lowest BCUT2D eigenvalue weighted by Gasteiger charge is -2.00. The van der Waals surface area contributed by atoms with E-state index in [0.717, 1.165) is 19.1 Å². The van der Waals surface area contributed by atoms with Crippen LogP contribution in [0.3, 0.4) is 0 Å². The lowest BCUT2D eigenvalue weighted by atomic mass is 10.1. The third-order valence-corrected chi connectivity index (χ3v) is 2.22. The number of benzene rings is 1. The van der Waals surface area contributed by atoms with Gasteiger partial charge in [0.1, 0.15) is 6.29 Å². The molecule has 0 aliphatic carbocycles. The summed E-state index contributed by atoms with van der Waals surface area (Å²) in [6.45, 7) is 2.08. The van der Waals surface area contributed by atoms with Crippen LogP contribution in [0, 0.1) is 0 Å². The second-order valence-electron chi connectivity index (χ2n) is 3.52. The Hall–Kier alpha value is -1.63. The molecule has 0 bridgehead atoms. The number of aryl methyl sites for hydroxylation is 1. The van der Waals surface area contributed by atoms with Crippen molar-refractivity contribution in [1.82, 2.24) is 0 Å². The molecule has 1 nitrogen and oxygen atoms in total. The molecule has 0 aromatic heterocycles. The lowest BCUT2D eigenvalue weighted by molar-refractivity contribution is -0.104. The largest absolute Gasteiger partial charge is 0.299 e. The van der Waals surface area contributed by atoms with E-state index in [2.05, 4.69) is 31.2 Å². The van der Waals surface area contributed by atoms with E-state index in [9.17, 15) is 4.79 Å². The number of carbonyl (C=O) groups excluding carboxylic acids is 1. The molecule has 0 spiro atoms. The first-order valence-corrected chi connectivity index (χ1v) is 5.14.